The number of hydrogen-bond acceptors (Lipinski definition) is 2. The van der Waals surface area contributed by atoms with E-state index in [-0.39, 0.29) is 17.6 Å². The zero-order valence-electron chi connectivity index (χ0n) is 9.37. The SMILES string of the molecule is CC(C#N)CN(C)c1c(F)cccc1CCl. The summed E-state index contributed by atoms with van der Waals surface area (Å²) < 4.78 is 13.7. The van der Waals surface area contributed by atoms with Gasteiger partial charge in [-0.2, -0.15) is 5.26 Å². The van der Waals surface area contributed by atoms with E-state index < -0.39 is 0 Å². The minimum atomic E-state index is -0.300. The van der Waals surface area contributed by atoms with Gasteiger partial charge in [0.15, 0.2) is 0 Å². The van der Waals surface area contributed by atoms with Gasteiger partial charge in [0.2, 0.25) is 0 Å². The van der Waals surface area contributed by atoms with Gasteiger partial charge in [0.05, 0.1) is 17.7 Å². The number of nitriles is 1. The summed E-state index contributed by atoms with van der Waals surface area (Å²) in [6.45, 7) is 2.29. The van der Waals surface area contributed by atoms with Crippen LogP contribution in [0.3, 0.4) is 0 Å². The summed E-state index contributed by atoms with van der Waals surface area (Å²) in [5.74, 6) is -0.183. The summed E-state index contributed by atoms with van der Waals surface area (Å²) in [6.07, 6.45) is 0. The van der Waals surface area contributed by atoms with Crippen molar-refractivity contribution in [2.24, 2.45) is 5.92 Å². The third-order valence-corrected chi connectivity index (χ3v) is 2.65. The Morgan fingerprint density at radius 1 is 1.56 bits per heavy atom. The Kier molecular flexibility index (Phi) is 4.57. The van der Waals surface area contributed by atoms with E-state index in [2.05, 4.69) is 6.07 Å². The van der Waals surface area contributed by atoms with Gasteiger partial charge in [0.1, 0.15) is 5.82 Å². The van der Waals surface area contributed by atoms with Crippen molar-refractivity contribution in [3.63, 3.8) is 0 Å². The zero-order chi connectivity index (χ0) is 12.1. The molecule has 1 rings (SSSR count). The molecule has 1 atom stereocenters. The van der Waals surface area contributed by atoms with E-state index in [9.17, 15) is 4.39 Å². The van der Waals surface area contributed by atoms with Gasteiger partial charge in [-0.05, 0) is 18.6 Å². The number of rotatable bonds is 4. The average molecular weight is 241 g/mol. The molecule has 0 aliphatic carbocycles. The lowest BCUT2D eigenvalue weighted by atomic mass is 10.1. The number of para-hydroxylation sites is 1. The zero-order valence-corrected chi connectivity index (χ0v) is 10.1. The quantitative estimate of drug-likeness (QED) is 0.756. The Bertz CT molecular complexity index is 400. The molecule has 0 saturated heterocycles. The first-order chi connectivity index (χ1) is 7.60. The van der Waals surface area contributed by atoms with Crippen LogP contribution < -0.4 is 4.90 Å². The summed E-state index contributed by atoms with van der Waals surface area (Å²) in [6, 6.07) is 6.95. The Hall–Kier alpha value is -1.27. The highest BCUT2D eigenvalue weighted by atomic mass is 35.5. The molecule has 0 fully saturated rings. The maximum absolute atomic E-state index is 13.7. The molecule has 0 spiro atoms. The maximum Gasteiger partial charge on any atom is 0.146 e. The van der Waals surface area contributed by atoms with Gasteiger partial charge in [-0.1, -0.05) is 12.1 Å². The largest absolute Gasteiger partial charge is 0.371 e. The lowest BCUT2D eigenvalue weighted by molar-refractivity contribution is 0.613. The molecule has 0 heterocycles. The third-order valence-electron chi connectivity index (χ3n) is 2.36. The van der Waals surface area contributed by atoms with Crippen LogP contribution in [-0.4, -0.2) is 13.6 Å². The van der Waals surface area contributed by atoms with Crippen molar-refractivity contribution in [1.82, 2.24) is 0 Å². The number of nitrogens with zero attached hydrogens (tertiary/aromatic N) is 2. The highest BCUT2D eigenvalue weighted by molar-refractivity contribution is 6.17. The van der Waals surface area contributed by atoms with Crippen LogP contribution in [0.15, 0.2) is 18.2 Å². The van der Waals surface area contributed by atoms with Crippen LogP contribution in [0.4, 0.5) is 10.1 Å². The highest BCUT2D eigenvalue weighted by Crippen LogP contribution is 2.25. The van der Waals surface area contributed by atoms with E-state index in [4.69, 9.17) is 16.9 Å². The summed E-state index contributed by atoms with van der Waals surface area (Å²) in [4.78, 5) is 1.74. The number of hydrogen-bond donors (Lipinski definition) is 0. The second kappa shape index (κ2) is 5.72. The summed E-state index contributed by atoms with van der Waals surface area (Å²) in [7, 11) is 1.77. The Balaban J connectivity index is 2.98. The fraction of sp³-hybridized carbons (Fsp3) is 0.417. The first-order valence-corrected chi connectivity index (χ1v) is 5.57. The Labute approximate surface area is 100 Å². The Morgan fingerprint density at radius 2 is 2.25 bits per heavy atom. The summed E-state index contributed by atoms with van der Waals surface area (Å²) in [5, 5.41) is 8.73. The van der Waals surface area contributed by atoms with Crippen molar-refractivity contribution in [3.8, 4) is 6.07 Å². The minimum absolute atomic E-state index is 0.146. The molecule has 0 aromatic heterocycles. The smallest absolute Gasteiger partial charge is 0.146 e. The van der Waals surface area contributed by atoms with E-state index in [1.807, 2.05) is 0 Å². The van der Waals surface area contributed by atoms with E-state index in [1.165, 1.54) is 6.07 Å². The first-order valence-electron chi connectivity index (χ1n) is 5.04. The van der Waals surface area contributed by atoms with E-state index in [1.54, 1.807) is 31.0 Å². The maximum atomic E-state index is 13.7. The molecule has 0 bridgehead atoms. The molecule has 0 aliphatic heterocycles. The van der Waals surface area contributed by atoms with Crippen LogP contribution in [0.5, 0.6) is 0 Å². The first kappa shape index (κ1) is 12.8. The minimum Gasteiger partial charge on any atom is -0.371 e. The van der Waals surface area contributed by atoms with Crippen molar-refractivity contribution in [2.75, 3.05) is 18.5 Å². The molecular weight excluding hydrogens is 227 g/mol. The van der Waals surface area contributed by atoms with Gasteiger partial charge in [0.25, 0.3) is 0 Å². The molecule has 4 heteroatoms. The second-order valence-electron chi connectivity index (χ2n) is 3.79. The molecule has 1 unspecified atom stereocenters. The fourth-order valence-corrected chi connectivity index (χ4v) is 1.85. The molecule has 2 nitrogen and oxygen atoms in total. The predicted molar refractivity (Wildman–Crippen MR) is 64.0 cm³/mol. The van der Waals surface area contributed by atoms with Gasteiger partial charge < -0.3 is 4.90 Å². The lowest BCUT2D eigenvalue weighted by Gasteiger charge is -2.23. The molecule has 16 heavy (non-hydrogen) atoms. The van der Waals surface area contributed by atoms with E-state index in [0.717, 1.165) is 5.56 Å². The molecule has 1 aromatic carbocycles. The van der Waals surface area contributed by atoms with Crippen LogP contribution in [-0.2, 0) is 5.88 Å². The molecule has 0 radical (unpaired) electrons. The topological polar surface area (TPSA) is 27.0 Å². The van der Waals surface area contributed by atoms with Crippen LogP contribution >= 0.6 is 11.6 Å². The summed E-state index contributed by atoms with van der Waals surface area (Å²) in [5.41, 5.74) is 1.23. The number of anilines is 1. The van der Waals surface area contributed by atoms with E-state index >= 15 is 0 Å². The van der Waals surface area contributed by atoms with Crippen LogP contribution in [0, 0.1) is 23.1 Å². The molecular formula is C12H14ClFN2. The van der Waals surface area contributed by atoms with Crippen LogP contribution in [0.2, 0.25) is 0 Å². The average Bonchev–Trinajstić information content (AvgIpc) is 2.28. The van der Waals surface area contributed by atoms with Crippen molar-refractivity contribution in [1.29, 1.82) is 5.26 Å². The summed E-state index contributed by atoms with van der Waals surface area (Å²) >= 11 is 5.76. The molecule has 86 valence electrons. The van der Waals surface area contributed by atoms with Crippen molar-refractivity contribution in [2.45, 2.75) is 12.8 Å². The molecule has 0 N–H and O–H groups in total. The number of halogens is 2. The molecule has 0 saturated carbocycles. The number of benzene rings is 1. The van der Waals surface area contributed by atoms with Gasteiger partial charge in [0, 0.05) is 19.5 Å². The van der Waals surface area contributed by atoms with E-state index in [0.29, 0.717) is 12.2 Å². The third kappa shape index (κ3) is 2.86. The highest BCUT2D eigenvalue weighted by Gasteiger charge is 2.14. The van der Waals surface area contributed by atoms with Crippen molar-refractivity contribution >= 4 is 17.3 Å². The van der Waals surface area contributed by atoms with Crippen molar-refractivity contribution < 1.29 is 4.39 Å². The van der Waals surface area contributed by atoms with Crippen molar-refractivity contribution in [3.05, 3.63) is 29.6 Å². The van der Waals surface area contributed by atoms with Crippen LogP contribution in [0.1, 0.15) is 12.5 Å². The lowest BCUT2D eigenvalue weighted by Crippen LogP contribution is -2.25. The Morgan fingerprint density at radius 3 is 2.81 bits per heavy atom. The normalized spacial score (nSPS) is 11.9. The van der Waals surface area contributed by atoms with Crippen LogP contribution in [0.25, 0.3) is 0 Å². The van der Waals surface area contributed by atoms with Gasteiger partial charge in [-0.15, -0.1) is 11.6 Å². The van der Waals surface area contributed by atoms with Gasteiger partial charge in [-0.25, -0.2) is 4.39 Å². The molecule has 0 amide bonds. The standard InChI is InChI=1S/C12H14ClFN2/c1-9(7-15)8-16(2)12-10(6-13)4-3-5-11(12)14/h3-5,9H,6,8H2,1-2H3. The number of alkyl halides is 1. The molecule has 0 aliphatic rings. The monoisotopic (exact) mass is 240 g/mol. The fourth-order valence-electron chi connectivity index (χ4n) is 1.64. The van der Waals surface area contributed by atoms with Gasteiger partial charge in [-0.3, -0.25) is 0 Å². The molecule has 1 aromatic rings. The van der Waals surface area contributed by atoms with Gasteiger partial charge >= 0.3 is 0 Å². The predicted octanol–water partition coefficient (Wildman–Crippen LogP) is 3.16. The second-order valence-corrected chi connectivity index (χ2v) is 4.06.